The highest BCUT2D eigenvalue weighted by Gasteiger charge is 2.32. The number of hydrogen-bond donors (Lipinski definition) is 0. The van der Waals surface area contributed by atoms with Gasteiger partial charge in [-0.2, -0.15) is 5.26 Å². The molecular weight excluding hydrogens is 371 g/mol. The summed E-state index contributed by atoms with van der Waals surface area (Å²) in [5.41, 5.74) is 3.01. The molecule has 1 aliphatic carbocycles. The number of fused-ring (bicyclic) bond motifs is 1. The molecule has 0 spiro atoms. The maximum Gasteiger partial charge on any atom is 0.134 e. The number of halogens is 2. The van der Waals surface area contributed by atoms with Gasteiger partial charge in [-0.15, -0.1) is 11.3 Å². The van der Waals surface area contributed by atoms with E-state index in [2.05, 4.69) is 31.8 Å². The van der Waals surface area contributed by atoms with E-state index >= 15 is 0 Å². The van der Waals surface area contributed by atoms with Gasteiger partial charge in [-0.25, -0.2) is 4.99 Å². The molecule has 1 aliphatic rings. The van der Waals surface area contributed by atoms with Crippen molar-refractivity contribution in [1.82, 2.24) is 0 Å². The van der Waals surface area contributed by atoms with Gasteiger partial charge in [-0.1, -0.05) is 50.0 Å². The van der Waals surface area contributed by atoms with Crippen molar-refractivity contribution in [3.05, 3.63) is 49.8 Å². The molecule has 0 saturated carbocycles. The Morgan fingerprint density at radius 2 is 2.08 bits per heavy atom. The monoisotopic (exact) mass is 390 g/mol. The summed E-state index contributed by atoms with van der Waals surface area (Å²) in [6.45, 7) is 6.88. The Morgan fingerprint density at radius 1 is 1.32 bits per heavy atom. The number of rotatable bonds is 2. The minimum atomic E-state index is 0.286. The van der Waals surface area contributed by atoms with Crippen LogP contribution in [0.25, 0.3) is 0 Å². The van der Waals surface area contributed by atoms with Crippen molar-refractivity contribution in [3.8, 4) is 6.07 Å². The maximum atomic E-state index is 9.62. The average Bonchev–Trinajstić information content (AvgIpc) is 2.89. The second-order valence-electron chi connectivity index (χ2n) is 7.53. The van der Waals surface area contributed by atoms with E-state index in [0.717, 1.165) is 35.4 Å². The number of benzene rings is 1. The third-order valence-corrected chi connectivity index (χ3v) is 6.59. The highest BCUT2D eigenvalue weighted by Crippen LogP contribution is 2.44. The number of hydrogen-bond acceptors (Lipinski definition) is 3. The first-order valence-electron chi connectivity index (χ1n) is 8.33. The fourth-order valence-corrected chi connectivity index (χ4v) is 4.93. The molecule has 1 atom stereocenters. The average molecular weight is 391 g/mol. The molecule has 25 heavy (non-hydrogen) atoms. The summed E-state index contributed by atoms with van der Waals surface area (Å²) in [6, 6.07) is 7.68. The topological polar surface area (TPSA) is 36.1 Å². The predicted molar refractivity (Wildman–Crippen MR) is 108 cm³/mol. The number of aliphatic imine (C=N–C) groups is 1. The van der Waals surface area contributed by atoms with E-state index in [4.69, 9.17) is 23.2 Å². The molecule has 5 heteroatoms. The Hall–Kier alpha value is -1.34. The number of thiophene rings is 1. The zero-order chi connectivity index (χ0) is 18.2. The molecule has 0 aliphatic heterocycles. The molecule has 2 aromatic rings. The lowest BCUT2D eigenvalue weighted by atomic mass is 9.72. The molecule has 0 saturated heterocycles. The van der Waals surface area contributed by atoms with Gasteiger partial charge in [0.05, 0.1) is 10.6 Å². The van der Waals surface area contributed by atoms with Crippen LogP contribution in [0, 0.1) is 22.7 Å². The molecular formula is C20H20Cl2N2S. The van der Waals surface area contributed by atoms with Crippen molar-refractivity contribution < 1.29 is 0 Å². The molecule has 0 radical (unpaired) electrons. The molecule has 0 N–H and O–H groups in total. The van der Waals surface area contributed by atoms with Crippen LogP contribution in [0.5, 0.6) is 0 Å². The molecule has 130 valence electrons. The third-order valence-electron chi connectivity index (χ3n) is 4.87. The quantitative estimate of drug-likeness (QED) is 0.517. The van der Waals surface area contributed by atoms with E-state index in [-0.39, 0.29) is 5.41 Å². The zero-order valence-electron chi connectivity index (χ0n) is 14.6. The Balaban J connectivity index is 1.92. The van der Waals surface area contributed by atoms with Gasteiger partial charge in [0.2, 0.25) is 0 Å². The van der Waals surface area contributed by atoms with Crippen LogP contribution < -0.4 is 0 Å². The van der Waals surface area contributed by atoms with Crippen molar-refractivity contribution in [3.63, 3.8) is 0 Å². The fourth-order valence-electron chi connectivity index (χ4n) is 3.25. The van der Waals surface area contributed by atoms with E-state index in [1.165, 1.54) is 10.4 Å². The predicted octanol–water partition coefficient (Wildman–Crippen LogP) is 6.83. The first-order valence-corrected chi connectivity index (χ1v) is 9.90. The first-order chi connectivity index (χ1) is 11.8. The molecule has 0 fully saturated rings. The SMILES string of the molecule is CC(C)(C)[C@H]1CCc2c(sc(N=Cc3ccc(Cl)cc3Cl)c2C#N)C1. The van der Waals surface area contributed by atoms with Crippen LogP contribution in [0.2, 0.25) is 10.0 Å². The first kappa shape index (κ1) is 18.5. The summed E-state index contributed by atoms with van der Waals surface area (Å²) in [4.78, 5) is 5.89. The van der Waals surface area contributed by atoms with Crippen LogP contribution in [0.1, 0.15) is 48.8 Å². The van der Waals surface area contributed by atoms with Gasteiger partial charge < -0.3 is 0 Å². The van der Waals surface area contributed by atoms with Crippen molar-refractivity contribution in [2.75, 3.05) is 0 Å². The second kappa shape index (κ2) is 7.11. The molecule has 3 rings (SSSR count). The molecule has 0 unspecified atom stereocenters. The van der Waals surface area contributed by atoms with Gasteiger partial charge >= 0.3 is 0 Å². The summed E-state index contributed by atoms with van der Waals surface area (Å²) in [7, 11) is 0. The fraction of sp³-hybridized carbons (Fsp3) is 0.400. The number of nitriles is 1. The molecule has 1 heterocycles. The number of nitrogens with zero attached hydrogens (tertiary/aromatic N) is 2. The Bertz CT molecular complexity index is 869. The van der Waals surface area contributed by atoms with E-state index in [0.29, 0.717) is 16.0 Å². The van der Waals surface area contributed by atoms with Gasteiger partial charge in [-0.3, -0.25) is 0 Å². The largest absolute Gasteiger partial charge is 0.244 e. The highest BCUT2D eigenvalue weighted by atomic mass is 35.5. The van der Waals surface area contributed by atoms with Crippen LogP contribution >= 0.6 is 34.5 Å². The minimum absolute atomic E-state index is 0.286. The lowest BCUT2D eigenvalue weighted by Crippen LogP contribution is -2.26. The Morgan fingerprint density at radius 3 is 2.72 bits per heavy atom. The minimum Gasteiger partial charge on any atom is -0.244 e. The van der Waals surface area contributed by atoms with Gasteiger partial charge in [0.1, 0.15) is 11.1 Å². The lowest BCUT2D eigenvalue weighted by Gasteiger charge is -2.33. The summed E-state index contributed by atoms with van der Waals surface area (Å²) in [6.07, 6.45) is 4.86. The van der Waals surface area contributed by atoms with Crippen LogP contribution in [-0.4, -0.2) is 6.21 Å². The van der Waals surface area contributed by atoms with E-state index in [1.54, 1.807) is 29.7 Å². The summed E-state index contributed by atoms with van der Waals surface area (Å²) >= 11 is 13.8. The van der Waals surface area contributed by atoms with Gasteiger partial charge in [0.15, 0.2) is 0 Å². The molecule has 1 aromatic heterocycles. The van der Waals surface area contributed by atoms with E-state index in [9.17, 15) is 5.26 Å². The highest BCUT2D eigenvalue weighted by molar-refractivity contribution is 7.16. The van der Waals surface area contributed by atoms with Gasteiger partial charge in [-0.05, 0) is 48.3 Å². The molecule has 1 aromatic carbocycles. The second-order valence-corrected chi connectivity index (χ2v) is 9.45. The summed E-state index contributed by atoms with van der Waals surface area (Å²) < 4.78 is 0. The summed E-state index contributed by atoms with van der Waals surface area (Å²) in [5, 5.41) is 11.6. The van der Waals surface area contributed by atoms with Crippen LogP contribution in [0.3, 0.4) is 0 Å². The van der Waals surface area contributed by atoms with E-state index in [1.807, 2.05) is 6.07 Å². The summed E-state index contributed by atoms with van der Waals surface area (Å²) in [5.74, 6) is 0.646. The third kappa shape index (κ3) is 3.92. The van der Waals surface area contributed by atoms with E-state index < -0.39 is 0 Å². The van der Waals surface area contributed by atoms with Gasteiger partial charge in [0.25, 0.3) is 0 Å². The van der Waals surface area contributed by atoms with Crippen LogP contribution in [0.15, 0.2) is 23.2 Å². The van der Waals surface area contributed by atoms with Crippen LogP contribution in [-0.2, 0) is 12.8 Å². The Labute approximate surface area is 163 Å². The van der Waals surface area contributed by atoms with Crippen molar-refractivity contribution in [2.24, 2.45) is 16.3 Å². The maximum absolute atomic E-state index is 9.62. The van der Waals surface area contributed by atoms with Crippen molar-refractivity contribution >= 4 is 45.8 Å². The zero-order valence-corrected chi connectivity index (χ0v) is 16.9. The van der Waals surface area contributed by atoms with Gasteiger partial charge in [0, 0.05) is 21.7 Å². The smallest absolute Gasteiger partial charge is 0.134 e. The standard InChI is InChI=1S/C20H20Cl2N2S/c1-20(2,3)13-5-7-15-16(10-23)19(25-18(15)8-13)24-11-12-4-6-14(21)9-17(12)22/h4,6,9,11,13H,5,7-8H2,1-3H3/t13-/m0/s1. The normalized spacial score (nSPS) is 17.5. The molecule has 0 amide bonds. The molecule has 0 bridgehead atoms. The lowest BCUT2D eigenvalue weighted by molar-refractivity contribution is 0.218. The van der Waals surface area contributed by atoms with Crippen molar-refractivity contribution in [1.29, 1.82) is 5.26 Å². The van der Waals surface area contributed by atoms with Crippen molar-refractivity contribution in [2.45, 2.75) is 40.0 Å². The Kier molecular flexibility index (Phi) is 5.25. The molecule has 2 nitrogen and oxygen atoms in total. The van der Waals surface area contributed by atoms with Crippen LogP contribution in [0.4, 0.5) is 5.00 Å².